The number of hydrogen-bond donors (Lipinski definition) is 0. The summed E-state index contributed by atoms with van der Waals surface area (Å²) in [7, 11) is -3.22. The molecule has 0 atom stereocenters. The lowest BCUT2D eigenvalue weighted by atomic mass is 10.1. The van der Waals surface area contributed by atoms with Gasteiger partial charge in [0.05, 0.1) is 17.1 Å². The van der Waals surface area contributed by atoms with Crippen molar-refractivity contribution in [2.75, 3.05) is 32.4 Å². The van der Waals surface area contributed by atoms with E-state index in [-0.39, 0.29) is 10.4 Å². The number of tetrazole rings is 1. The molecule has 0 unspecified atom stereocenters. The summed E-state index contributed by atoms with van der Waals surface area (Å²) in [5.41, 5.74) is 0.937. The van der Waals surface area contributed by atoms with Gasteiger partial charge in [-0.2, -0.15) is 4.68 Å². The molecule has 1 saturated heterocycles. The van der Waals surface area contributed by atoms with Gasteiger partial charge in [0.2, 0.25) is 0 Å². The van der Waals surface area contributed by atoms with Crippen molar-refractivity contribution in [3.05, 3.63) is 30.1 Å². The van der Waals surface area contributed by atoms with Gasteiger partial charge < -0.3 is 0 Å². The molecule has 0 spiro atoms. The molecule has 1 fully saturated rings. The highest BCUT2D eigenvalue weighted by atomic mass is 32.2. The van der Waals surface area contributed by atoms with E-state index in [1.165, 1.54) is 6.26 Å². The first-order valence-corrected chi connectivity index (χ1v) is 11.1. The first kappa shape index (κ1) is 19.9. The Kier molecular flexibility index (Phi) is 5.64. The van der Waals surface area contributed by atoms with Gasteiger partial charge in [0, 0.05) is 24.9 Å². The minimum atomic E-state index is -3.22. The molecule has 2 aromatic rings. The molecule has 0 aliphatic carbocycles. The SMILES string of the molecule is CC(C)(C)N1CCCN(Cc2nnnn2-c2ccc(S(C)(=O)=O)cc2)CC1. The second-order valence-corrected chi connectivity index (χ2v) is 10.1. The largest absolute Gasteiger partial charge is 0.297 e. The number of aromatic nitrogens is 4. The lowest BCUT2D eigenvalue weighted by molar-refractivity contribution is 0.140. The van der Waals surface area contributed by atoms with Crippen molar-refractivity contribution in [2.24, 2.45) is 0 Å². The second kappa shape index (κ2) is 7.65. The molecule has 3 rings (SSSR count). The van der Waals surface area contributed by atoms with Crippen molar-refractivity contribution in [1.29, 1.82) is 0 Å². The summed E-state index contributed by atoms with van der Waals surface area (Å²) in [6.07, 6.45) is 2.31. The summed E-state index contributed by atoms with van der Waals surface area (Å²) in [5, 5.41) is 12.1. The van der Waals surface area contributed by atoms with Crippen LogP contribution in [0.5, 0.6) is 0 Å². The van der Waals surface area contributed by atoms with Crippen LogP contribution in [-0.4, -0.2) is 76.4 Å². The average Bonchev–Trinajstić information content (AvgIpc) is 2.89. The third-order valence-corrected chi connectivity index (χ3v) is 6.07. The van der Waals surface area contributed by atoms with Crippen molar-refractivity contribution in [3.8, 4) is 5.69 Å². The molecule has 2 heterocycles. The maximum absolute atomic E-state index is 11.6. The first-order valence-electron chi connectivity index (χ1n) is 9.20. The van der Waals surface area contributed by atoms with Crippen molar-refractivity contribution in [3.63, 3.8) is 0 Å². The summed E-state index contributed by atoms with van der Waals surface area (Å²) in [6.45, 7) is 11.5. The molecule has 1 aliphatic rings. The first-order chi connectivity index (χ1) is 12.6. The van der Waals surface area contributed by atoms with Gasteiger partial charge in [0.15, 0.2) is 15.7 Å². The molecule has 1 aromatic heterocycles. The molecule has 27 heavy (non-hydrogen) atoms. The van der Waals surface area contributed by atoms with E-state index in [2.05, 4.69) is 46.1 Å². The molecule has 0 amide bonds. The third-order valence-electron chi connectivity index (χ3n) is 4.95. The topological polar surface area (TPSA) is 84.2 Å². The van der Waals surface area contributed by atoms with Gasteiger partial charge in [0.25, 0.3) is 0 Å². The summed E-state index contributed by atoms with van der Waals surface area (Å²) >= 11 is 0. The molecule has 1 aromatic carbocycles. The predicted molar refractivity (Wildman–Crippen MR) is 103 cm³/mol. The van der Waals surface area contributed by atoms with Gasteiger partial charge >= 0.3 is 0 Å². The highest BCUT2D eigenvalue weighted by Gasteiger charge is 2.25. The molecule has 1 aliphatic heterocycles. The fraction of sp³-hybridized carbons (Fsp3) is 0.611. The van der Waals surface area contributed by atoms with Crippen molar-refractivity contribution < 1.29 is 8.42 Å². The zero-order chi connectivity index (χ0) is 19.7. The molecular formula is C18H28N6O2S. The van der Waals surface area contributed by atoms with Crippen LogP contribution in [0.15, 0.2) is 29.2 Å². The van der Waals surface area contributed by atoms with Crippen LogP contribution < -0.4 is 0 Å². The summed E-state index contributed by atoms with van der Waals surface area (Å²) < 4.78 is 24.9. The monoisotopic (exact) mass is 392 g/mol. The van der Waals surface area contributed by atoms with E-state index in [0.29, 0.717) is 6.54 Å². The zero-order valence-electron chi connectivity index (χ0n) is 16.5. The number of sulfone groups is 1. The van der Waals surface area contributed by atoms with E-state index < -0.39 is 9.84 Å². The molecule has 0 saturated carbocycles. The molecule has 0 bridgehead atoms. The van der Waals surface area contributed by atoms with Gasteiger partial charge in [-0.3, -0.25) is 9.80 Å². The van der Waals surface area contributed by atoms with Crippen LogP contribution >= 0.6 is 0 Å². The van der Waals surface area contributed by atoms with E-state index in [0.717, 1.165) is 44.1 Å². The standard InChI is InChI=1S/C18H28N6O2S/c1-18(2,3)23-11-5-10-22(12-13-23)14-17-19-20-21-24(17)15-6-8-16(9-7-15)27(4,25)26/h6-9H,5,10-14H2,1-4H3. The molecule has 9 heteroatoms. The van der Waals surface area contributed by atoms with Crippen LogP contribution in [0, 0.1) is 0 Å². The van der Waals surface area contributed by atoms with Crippen LogP contribution in [0.1, 0.15) is 33.0 Å². The maximum atomic E-state index is 11.6. The van der Waals surface area contributed by atoms with E-state index in [1.54, 1.807) is 28.9 Å². The normalized spacial score (nSPS) is 17.8. The van der Waals surface area contributed by atoms with Crippen LogP contribution in [0.25, 0.3) is 5.69 Å². The van der Waals surface area contributed by atoms with Crippen molar-refractivity contribution in [1.82, 2.24) is 30.0 Å². The highest BCUT2D eigenvalue weighted by molar-refractivity contribution is 7.90. The fourth-order valence-electron chi connectivity index (χ4n) is 3.34. The molecular weight excluding hydrogens is 364 g/mol. The Morgan fingerprint density at radius 3 is 2.37 bits per heavy atom. The number of hydrogen-bond acceptors (Lipinski definition) is 7. The Bertz CT molecular complexity index is 870. The maximum Gasteiger partial charge on any atom is 0.175 e. The van der Waals surface area contributed by atoms with E-state index >= 15 is 0 Å². The molecule has 0 N–H and O–H groups in total. The van der Waals surface area contributed by atoms with Crippen LogP contribution in [0.2, 0.25) is 0 Å². The zero-order valence-corrected chi connectivity index (χ0v) is 17.3. The number of benzene rings is 1. The van der Waals surface area contributed by atoms with Gasteiger partial charge in [-0.1, -0.05) is 0 Å². The Morgan fingerprint density at radius 2 is 1.74 bits per heavy atom. The van der Waals surface area contributed by atoms with Crippen LogP contribution in [-0.2, 0) is 16.4 Å². The predicted octanol–water partition coefficient (Wildman–Crippen LogP) is 1.37. The Labute approximate surface area is 161 Å². The quantitative estimate of drug-likeness (QED) is 0.777. The summed E-state index contributed by atoms with van der Waals surface area (Å²) in [5.74, 6) is 0.756. The second-order valence-electron chi connectivity index (χ2n) is 8.06. The van der Waals surface area contributed by atoms with Crippen molar-refractivity contribution in [2.45, 2.75) is 44.2 Å². The third kappa shape index (κ3) is 4.91. The smallest absolute Gasteiger partial charge is 0.175 e. The van der Waals surface area contributed by atoms with Crippen LogP contribution in [0.3, 0.4) is 0 Å². The van der Waals surface area contributed by atoms with E-state index in [9.17, 15) is 8.42 Å². The Balaban J connectivity index is 1.72. The Hall–Kier alpha value is -1.84. The molecule has 148 valence electrons. The minimum absolute atomic E-state index is 0.180. The van der Waals surface area contributed by atoms with E-state index in [4.69, 9.17) is 0 Å². The number of rotatable bonds is 4. The minimum Gasteiger partial charge on any atom is -0.297 e. The van der Waals surface area contributed by atoms with Crippen LogP contribution in [0.4, 0.5) is 0 Å². The average molecular weight is 393 g/mol. The fourth-order valence-corrected chi connectivity index (χ4v) is 3.97. The van der Waals surface area contributed by atoms with Crippen molar-refractivity contribution >= 4 is 9.84 Å². The lowest BCUT2D eigenvalue weighted by Gasteiger charge is -2.34. The van der Waals surface area contributed by atoms with Gasteiger partial charge in [-0.25, -0.2) is 8.42 Å². The lowest BCUT2D eigenvalue weighted by Crippen LogP contribution is -2.43. The van der Waals surface area contributed by atoms with E-state index in [1.807, 2.05) is 0 Å². The van der Waals surface area contributed by atoms with Gasteiger partial charge in [0.1, 0.15) is 0 Å². The summed E-state index contributed by atoms with van der Waals surface area (Å²) in [4.78, 5) is 5.18. The highest BCUT2D eigenvalue weighted by Crippen LogP contribution is 2.18. The van der Waals surface area contributed by atoms with Gasteiger partial charge in [-0.05, 0) is 75.0 Å². The number of nitrogens with zero attached hydrogens (tertiary/aromatic N) is 6. The Morgan fingerprint density at radius 1 is 1.04 bits per heavy atom. The van der Waals surface area contributed by atoms with Gasteiger partial charge in [-0.15, -0.1) is 5.10 Å². The molecule has 0 radical (unpaired) electrons. The summed E-state index contributed by atoms with van der Waals surface area (Å²) in [6, 6.07) is 6.65. The molecule has 8 nitrogen and oxygen atoms in total.